The molecular weight excluding hydrogens is 226 g/mol. The molecule has 90 valence electrons. The summed E-state index contributed by atoms with van der Waals surface area (Å²) in [5, 5.41) is 9.63. The highest BCUT2D eigenvalue weighted by atomic mass is 32.2. The van der Waals surface area contributed by atoms with Crippen LogP contribution >= 0.6 is 0 Å². The monoisotopic (exact) mass is 243 g/mol. The molecule has 0 spiro atoms. The molecule has 0 bridgehead atoms. The van der Waals surface area contributed by atoms with Crippen molar-refractivity contribution in [2.24, 2.45) is 5.73 Å². The molecule has 16 heavy (non-hydrogen) atoms. The van der Waals surface area contributed by atoms with Crippen LogP contribution in [0.15, 0.2) is 23.1 Å². The third-order valence-corrected chi connectivity index (χ3v) is 3.70. The first-order valence-electron chi connectivity index (χ1n) is 5.09. The summed E-state index contributed by atoms with van der Waals surface area (Å²) >= 11 is 0. The molecule has 0 saturated heterocycles. The maximum atomic E-state index is 11.3. The Hall–Kier alpha value is -1.07. The van der Waals surface area contributed by atoms with E-state index in [1.807, 2.05) is 6.92 Å². The molecule has 4 nitrogen and oxygen atoms in total. The van der Waals surface area contributed by atoms with Gasteiger partial charge in [-0.05, 0) is 36.6 Å². The fourth-order valence-corrected chi connectivity index (χ4v) is 2.33. The summed E-state index contributed by atoms with van der Waals surface area (Å²) in [6.45, 7) is 2.55. The summed E-state index contributed by atoms with van der Waals surface area (Å²) in [6.07, 6.45) is 1.88. The summed E-state index contributed by atoms with van der Waals surface area (Å²) in [7, 11) is -3.36. The van der Waals surface area contributed by atoms with Crippen molar-refractivity contribution in [3.63, 3.8) is 0 Å². The smallest absolute Gasteiger partial charge is 0.179 e. The van der Waals surface area contributed by atoms with Gasteiger partial charge in [0.15, 0.2) is 9.84 Å². The largest absolute Gasteiger partial charge is 0.507 e. The number of hydrogen-bond donors (Lipinski definition) is 2. The third kappa shape index (κ3) is 2.96. The van der Waals surface area contributed by atoms with Gasteiger partial charge in [0.2, 0.25) is 0 Å². The van der Waals surface area contributed by atoms with E-state index in [1.165, 1.54) is 12.1 Å². The molecular formula is C11H17NO3S. The van der Waals surface area contributed by atoms with Gasteiger partial charge in [0.05, 0.1) is 0 Å². The Balaban J connectivity index is 3.09. The minimum atomic E-state index is -3.36. The number of phenolic OH excluding ortho intramolecular Hbond substituents is 1. The maximum Gasteiger partial charge on any atom is 0.179 e. The maximum absolute atomic E-state index is 11.3. The van der Waals surface area contributed by atoms with Crippen LogP contribution in [-0.2, 0) is 9.84 Å². The summed E-state index contributed by atoms with van der Waals surface area (Å²) in [5.41, 5.74) is 6.34. The standard InChI is InChI=1S/C11H17NO3S/c1-8(5-6-12)9-3-4-11(10(13)7-9)16(2,14)15/h3-4,7-8,13H,5-6,12H2,1-2H3. The summed E-state index contributed by atoms with van der Waals surface area (Å²) in [6, 6.07) is 4.65. The Kier molecular flexibility index (Phi) is 3.93. The van der Waals surface area contributed by atoms with Crippen LogP contribution < -0.4 is 5.73 Å². The van der Waals surface area contributed by atoms with Crippen molar-refractivity contribution in [1.82, 2.24) is 0 Å². The van der Waals surface area contributed by atoms with Gasteiger partial charge < -0.3 is 10.8 Å². The number of benzene rings is 1. The zero-order chi connectivity index (χ0) is 12.3. The van der Waals surface area contributed by atoms with Crippen molar-refractivity contribution in [1.29, 1.82) is 0 Å². The van der Waals surface area contributed by atoms with E-state index < -0.39 is 9.84 Å². The molecule has 0 aliphatic heterocycles. The topological polar surface area (TPSA) is 80.4 Å². The van der Waals surface area contributed by atoms with Crippen LogP contribution in [0, 0.1) is 0 Å². The highest BCUT2D eigenvalue weighted by Crippen LogP contribution is 2.28. The zero-order valence-electron chi connectivity index (χ0n) is 9.47. The Labute approximate surface area is 96.0 Å². The van der Waals surface area contributed by atoms with Gasteiger partial charge in [0.25, 0.3) is 0 Å². The number of hydrogen-bond acceptors (Lipinski definition) is 4. The van der Waals surface area contributed by atoms with Crippen molar-refractivity contribution in [3.05, 3.63) is 23.8 Å². The lowest BCUT2D eigenvalue weighted by Gasteiger charge is -2.12. The summed E-state index contributed by atoms with van der Waals surface area (Å²) < 4.78 is 22.6. The first-order valence-corrected chi connectivity index (χ1v) is 6.98. The molecule has 0 amide bonds. The number of phenols is 1. The molecule has 1 atom stereocenters. The van der Waals surface area contributed by atoms with Gasteiger partial charge >= 0.3 is 0 Å². The second kappa shape index (κ2) is 4.84. The average Bonchev–Trinajstić information content (AvgIpc) is 2.16. The van der Waals surface area contributed by atoms with Gasteiger partial charge in [0.1, 0.15) is 10.6 Å². The molecule has 0 aliphatic carbocycles. The molecule has 0 heterocycles. The molecule has 5 heteroatoms. The predicted octanol–water partition coefficient (Wildman–Crippen LogP) is 1.25. The minimum absolute atomic E-state index is 0.0313. The fraction of sp³-hybridized carbons (Fsp3) is 0.455. The minimum Gasteiger partial charge on any atom is -0.507 e. The molecule has 3 N–H and O–H groups in total. The predicted molar refractivity (Wildman–Crippen MR) is 63.3 cm³/mol. The van der Waals surface area contributed by atoms with E-state index in [-0.39, 0.29) is 16.6 Å². The van der Waals surface area contributed by atoms with Crippen LogP contribution in [0.1, 0.15) is 24.8 Å². The lowest BCUT2D eigenvalue weighted by molar-refractivity contribution is 0.457. The highest BCUT2D eigenvalue weighted by Gasteiger charge is 2.14. The average molecular weight is 243 g/mol. The van der Waals surface area contributed by atoms with Crippen molar-refractivity contribution < 1.29 is 13.5 Å². The van der Waals surface area contributed by atoms with Crippen molar-refractivity contribution in [2.75, 3.05) is 12.8 Å². The lowest BCUT2D eigenvalue weighted by Crippen LogP contribution is -2.05. The normalized spacial score (nSPS) is 13.7. The first-order chi connectivity index (χ1) is 7.36. The molecule has 0 saturated carbocycles. The second-order valence-electron chi connectivity index (χ2n) is 3.98. The summed E-state index contributed by atoms with van der Waals surface area (Å²) in [5.74, 6) is 0.0216. The Morgan fingerprint density at radius 1 is 1.44 bits per heavy atom. The van der Waals surface area contributed by atoms with Gasteiger partial charge in [0, 0.05) is 6.26 Å². The van der Waals surface area contributed by atoms with Gasteiger partial charge in [-0.1, -0.05) is 13.0 Å². The van der Waals surface area contributed by atoms with Gasteiger partial charge in [-0.3, -0.25) is 0 Å². The molecule has 1 rings (SSSR count). The van der Waals surface area contributed by atoms with Crippen molar-refractivity contribution in [2.45, 2.75) is 24.2 Å². The van der Waals surface area contributed by atoms with Crippen LogP contribution in [-0.4, -0.2) is 26.3 Å². The van der Waals surface area contributed by atoms with Crippen LogP contribution in [0.4, 0.5) is 0 Å². The van der Waals surface area contributed by atoms with Gasteiger partial charge in [-0.15, -0.1) is 0 Å². The van der Waals surface area contributed by atoms with E-state index in [9.17, 15) is 13.5 Å². The summed E-state index contributed by atoms with van der Waals surface area (Å²) in [4.78, 5) is -0.0313. The van der Waals surface area contributed by atoms with Gasteiger partial charge in [-0.2, -0.15) is 0 Å². The highest BCUT2D eigenvalue weighted by molar-refractivity contribution is 7.90. The molecule has 0 fully saturated rings. The van der Waals surface area contributed by atoms with Crippen molar-refractivity contribution in [3.8, 4) is 5.75 Å². The Morgan fingerprint density at radius 3 is 2.50 bits per heavy atom. The van der Waals surface area contributed by atoms with E-state index in [2.05, 4.69) is 0 Å². The second-order valence-corrected chi connectivity index (χ2v) is 5.96. The van der Waals surface area contributed by atoms with E-state index in [0.29, 0.717) is 6.54 Å². The molecule has 1 aromatic carbocycles. The lowest BCUT2D eigenvalue weighted by atomic mass is 9.98. The van der Waals surface area contributed by atoms with E-state index in [0.717, 1.165) is 18.2 Å². The molecule has 0 aromatic heterocycles. The van der Waals surface area contributed by atoms with Crippen LogP contribution in [0.3, 0.4) is 0 Å². The number of nitrogens with two attached hydrogens (primary N) is 1. The Morgan fingerprint density at radius 2 is 2.06 bits per heavy atom. The van der Waals surface area contributed by atoms with E-state index in [4.69, 9.17) is 5.73 Å². The Bertz CT molecular complexity index is 468. The number of sulfone groups is 1. The number of rotatable bonds is 4. The van der Waals surface area contributed by atoms with Crippen LogP contribution in [0.25, 0.3) is 0 Å². The van der Waals surface area contributed by atoms with Crippen LogP contribution in [0.2, 0.25) is 0 Å². The van der Waals surface area contributed by atoms with Crippen LogP contribution in [0.5, 0.6) is 5.75 Å². The zero-order valence-corrected chi connectivity index (χ0v) is 10.3. The fourth-order valence-electron chi connectivity index (χ4n) is 1.57. The van der Waals surface area contributed by atoms with Crippen molar-refractivity contribution >= 4 is 9.84 Å². The quantitative estimate of drug-likeness (QED) is 0.834. The van der Waals surface area contributed by atoms with Gasteiger partial charge in [-0.25, -0.2) is 8.42 Å². The van der Waals surface area contributed by atoms with E-state index >= 15 is 0 Å². The molecule has 0 radical (unpaired) electrons. The third-order valence-electron chi connectivity index (χ3n) is 2.55. The van der Waals surface area contributed by atoms with E-state index in [1.54, 1.807) is 6.07 Å². The molecule has 0 aliphatic rings. The SMILES string of the molecule is CC(CCN)c1ccc(S(C)(=O)=O)c(O)c1. The first kappa shape index (κ1) is 13.0. The molecule has 1 unspecified atom stereocenters. The molecule has 1 aromatic rings. The number of aromatic hydroxyl groups is 1.